The zero-order valence-electron chi connectivity index (χ0n) is 12.0. The molecule has 1 atom stereocenters. The van der Waals surface area contributed by atoms with Crippen molar-refractivity contribution >= 4 is 0 Å². The fraction of sp³-hybridized carbons (Fsp3) is 0.643. The predicted molar refractivity (Wildman–Crippen MR) is 72.9 cm³/mol. The quantitative estimate of drug-likeness (QED) is 0.808. The summed E-state index contributed by atoms with van der Waals surface area (Å²) in [4.78, 5) is 4.52. The van der Waals surface area contributed by atoms with Crippen LogP contribution in [0.25, 0.3) is 0 Å². The number of hydrogen-bond donors (Lipinski definition) is 1. The van der Waals surface area contributed by atoms with E-state index in [0.717, 1.165) is 23.7 Å². The van der Waals surface area contributed by atoms with E-state index >= 15 is 0 Å². The number of aryl methyl sites for hydroxylation is 1. The van der Waals surface area contributed by atoms with E-state index in [9.17, 15) is 0 Å². The Morgan fingerprint density at radius 1 is 1.28 bits per heavy atom. The Balaban J connectivity index is 2.69. The van der Waals surface area contributed by atoms with E-state index in [1.54, 1.807) is 7.11 Å². The maximum Gasteiger partial charge on any atom is 0.142 e. The summed E-state index contributed by atoms with van der Waals surface area (Å²) in [5.74, 6) is 0.831. The third-order valence-corrected chi connectivity index (χ3v) is 2.63. The van der Waals surface area contributed by atoms with Crippen molar-refractivity contribution in [3.8, 4) is 5.75 Å². The molecule has 0 amide bonds. The van der Waals surface area contributed by atoms with Crippen molar-refractivity contribution in [1.82, 2.24) is 10.3 Å². The second-order valence-corrected chi connectivity index (χ2v) is 4.79. The molecule has 0 aliphatic carbocycles. The molecule has 1 rings (SSSR count). The van der Waals surface area contributed by atoms with E-state index in [-0.39, 0.29) is 6.10 Å². The van der Waals surface area contributed by atoms with Crippen LogP contribution in [0.2, 0.25) is 0 Å². The normalized spacial score (nSPS) is 12.8. The van der Waals surface area contributed by atoms with Crippen LogP contribution in [0.4, 0.5) is 0 Å². The number of hydrogen-bond acceptors (Lipinski definition) is 4. The number of rotatable bonds is 7. The van der Waals surface area contributed by atoms with E-state index in [2.05, 4.69) is 24.1 Å². The van der Waals surface area contributed by atoms with Crippen molar-refractivity contribution in [3.63, 3.8) is 0 Å². The average molecular weight is 252 g/mol. The summed E-state index contributed by atoms with van der Waals surface area (Å²) < 4.78 is 10.9. The Hall–Kier alpha value is -1.13. The second-order valence-electron chi connectivity index (χ2n) is 4.79. The van der Waals surface area contributed by atoms with Gasteiger partial charge in [0.15, 0.2) is 0 Å². The molecule has 0 saturated heterocycles. The Labute approximate surface area is 110 Å². The summed E-state index contributed by atoms with van der Waals surface area (Å²) in [6.07, 6.45) is 0.0808. The minimum Gasteiger partial charge on any atom is -0.489 e. The lowest BCUT2D eigenvalue weighted by Crippen LogP contribution is -2.23. The van der Waals surface area contributed by atoms with Crippen LogP contribution in [0.5, 0.6) is 5.75 Å². The first-order chi connectivity index (χ1) is 8.52. The Kier molecular flexibility index (Phi) is 6.09. The maximum absolute atomic E-state index is 5.75. The molecule has 1 N–H and O–H groups in total. The molecular formula is C14H24N2O2. The van der Waals surface area contributed by atoms with Crippen molar-refractivity contribution in [2.75, 3.05) is 13.7 Å². The lowest BCUT2D eigenvalue weighted by atomic mass is 10.2. The SMILES string of the molecule is COC(C)COc1ccc(C)nc1CNC(C)C. The molecule has 1 aromatic heterocycles. The summed E-state index contributed by atoms with van der Waals surface area (Å²) in [5.41, 5.74) is 1.95. The van der Waals surface area contributed by atoms with E-state index in [4.69, 9.17) is 9.47 Å². The highest BCUT2D eigenvalue weighted by molar-refractivity contribution is 5.29. The third-order valence-electron chi connectivity index (χ3n) is 2.63. The molecule has 4 nitrogen and oxygen atoms in total. The Bertz CT molecular complexity index is 367. The highest BCUT2D eigenvalue weighted by Crippen LogP contribution is 2.17. The summed E-state index contributed by atoms with van der Waals surface area (Å²) >= 11 is 0. The summed E-state index contributed by atoms with van der Waals surface area (Å²) in [7, 11) is 1.68. The molecule has 102 valence electrons. The van der Waals surface area contributed by atoms with Gasteiger partial charge in [-0.3, -0.25) is 4.98 Å². The molecule has 1 unspecified atom stereocenters. The van der Waals surface area contributed by atoms with Crippen LogP contribution in [0.15, 0.2) is 12.1 Å². The standard InChI is InChI=1S/C14H24N2O2/c1-10(2)15-8-13-14(7-6-11(3)16-13)18-9-12(4)17-5/h6-7,10,12,15H,8-9H2,1-5H3. The van der Waals surface area contributed by atoms with Gasteiger partial charge in [-0.15, -0.1) is 0 Å². The number of nitrogens with one attached hydrogen (secondary N) is 1. The van der Waals surface area contributed by atoms with Crippen molar-refractivity contribution in [2.45, 2.75) is 46.4 Å². The molecule has 1 heterocycles. The Morgan fingerprint density at radius 3 is 2.61 bits per heavy atom. The lowest BCUT2D eigenvalue weighted by molar-refractivity contribution is 0.0710. The van der Waals surface area contributed by atoms with E-state index in [1.165, 1.54) is 0 Å². The van der Waals surface area contributed by atoms with Crippen LogP contribution in [-0.2, 0) is 11.3 Å². The van der Waals surface area contributed by atoms with Gasteiger partial charge in [-0.25, -0.2) is 0 Å². The van der Waals surface area contributed by atoms with Crippen LogP contribution < -0.4 is 10.1 Å². The van der Waals surface area contributed by atoms with Crippen molar-refractivity contribution in [1.29, 1.82) is 0 Å². The molecule has 18 heavy (non-hydrogen) atoms. The molecule has 0 aliphatic heterocycles. The van der Waals surface area contributed by atoms with Gasteiger partial charge in [-0.2, -0.15) is 0 Å². The first-order valence-corrected chi connectivity index (χ1v) is 6.38. The zero-order valence-corrected chi connectivity index (χ0v) is 12.0. The molecule has 0 spiro atoms. The van der Waals surface area contributed by atoms with Gasteiger partial charge in [0.1, 0.15) is 12.4 Å². The van der Waals surface area contributed by atoms with Gasteiger partial charge in [-0.1, -0.05) is 13.8 Å². The molecule has 0 aliphatic rings. The summed E-state index contributed by atoms with van der Waals surface area (Å²) in [5, 5.41) is 3.36. The second kappa shape index (κ2) is 7.34. The zero-order chi connectivity index (χ0) is 13.5. The molecule has 0 saturated carbocycles. The number of ether oxygens (including phenoxy) is 2. The minimum atomic E-state index is 0.0808. The smallest absolute Gasteiger partial charge is 0.142 e. The predicted octanol–water partition coefficient (Wildman–Crippen LogP) is 2.30. The molecule has 1 aromatic rings. The van der Waals surface area contributed by atoms with Crippen LogP contribution in [0, 0.1) is 6.92 Å². The number of nitrogens with zero attached hydrogens (tertiary/aromatic N) is 1. The number of aromatic nitrogens is 1. The van der Waals surface area contributed by atoms with Crippen molar-refractivity contribution in [3.05, 3.63) is 23.5 Å². The van der Waals surface area contributed by atoms with Crippen molar-refractivity contribution in [2.24, 2.45) is 0 Å². The van der Waals surface area contributed by atoms with Gasteiger partial charge in [0, 0.05) is 25.4 Å². The largest absolute Gasteiger partial charge is 0.489 e. The maximum atomic E-state index is 5.75. The number of methoxy groups -OCH3 is 1. The van der Waals surface area contributed by atoms with Gasteiger partial charge in [0.2, 0.25) is 0 Å². The van der Waals surface area contributed by atoms with Gasteiger partial charge < -0.3 is 14.8 Å². The molecule has 0 bridgehead atoms. The van der Waals surface area contributed by atoms with Crippen LogP contribution in [-0.4, -0.2) is 30.8 Å². The topological polar surface area (TPSA) is 43.4 Å². The molecule has 4 heteroatoms. The van der Waals surface area contributed by atoms with Crippen LogP contribution in [0.3, 0.4) is 0 Å². The molecule has 0 radical (unpaired) electrons. The van der Waals surface area contributed by atoms with E-state index < -0.39 is 0 Å². The van der Waals surface area contributed by atoms with Gasteiger partial charge in [0.05, 0.1) is 11.8 Å². The first-order valence-electron chi connectivity index (χ1n) is 6.38. The summed E-state index contributed by atoms with van der Waals surface area (Å²) in [6, 6.07) is 4.37. The van der Waals surface area contributed by atoms with Crippen LogP contribution in [0.1, 0.15) is 32.2 Å². The highest BCUT2D eigenvalue weighted by atomic mass is 16.5. The van der Waals surface area contributed by atoms with Crippen LogP contribution >= 0.6 is 0 Å². The fourth-order valence-corrected chi connectivity index (χ4v) is 1.43. The van der Waals surface area contributed by atoms with Crippen molar-refractivity contribution < 1.29 is 9.47 Å². The molecular weight excluding hydrogens is 228 g/mol. The highest BCUT2D eigenvalue weighted by Gasteiger charge is 2.08. The number of pyridine rings is 1. The fourth-order valence-electron chi connectivity index (χ4n) is 1.43. The Morgan fingerprint density at radius 2 is 2.00 bits per heavy atom. The minimum absolute atomic E-state index is 0.0808. The average Bonchev–Trinajstić information content (AvgIpc) is 2.34. The van der Waals surface area contributed by atoms with Gasteiger partial charge >= 0.3 is 0 Å². The molecule has 0 fully saturated rings. The van der Waals surface area contributed by atoms with Gasteiger partial charge in [0.25, 0.3) is 0 Å². The van der Waals surface area contributed by atoms with E-state index in [0.29, 0.717) is 12.6 Å². The van der Waals surface area contributed by atoms with Gasteiger partial charge in [-0.05, 0) is 26.0 Å². The third kappa shape index (κ3) is 5.02. The van der Waals surface area contributed by atoms with E-state index in [1.807, 2.05) is 26.0 Å². The summed E-state index contributed by atoms with van der Waals surface area (Å²) in [6.45, 7) is 9.45. The lowest BCUT2D eigenvalue weighted by Gasteiger charge is -2.15. The monoisotopic (exact) mass is 252 g/mol. The first kappa shape index (κ1) is 14.9. The molecule has 0 aromatic carbocycles.